The van der Waals surface area contributed by atoms with Gasteiger partial charge in [0.2, 0.25) is 0 Å². The lowest BCUT2D eigenvalue weighted by molar-refractivity contribution is 0.0593. The minimum atomic E-state index is -0.892. The molecular formula is C13H7Br2F2N3O2. The van der Waals surface area contributed by atoms with E-state index in [2.05, 4.69) is 36.6 Å². The molecule has 5 nitrogen and oxygen atoms in total. The minimum absolute atomic E-state index is 0.0176. The molecular weight excluding hydrogens is 428 g/mol. The van der Waals surface area contributed by atoms with Crippen LogP contribution < -0.4 is 5.73 Å². The number of nitrogens with two attached hydrogens (primary N) is 1. The predicted molar refractivity (Wildman–Crippen MR) is 81.6 cm³/mol. The summed E-state index contributed by atoms with van der Waals surface area (Å²) in [6.07, 6.45) is 1.20. The van der Waals surface area contributed by atoms with Crippen LogP contribution in [0, 0.1) is 23.0 Å². The lowest BCUT2D eigenvalue weighted by atomic mass is 10.2. The minimum Gasteiger partial charge on any atom is -0.464 e. The van der Waals surface area contributed by atoms with Crippen LogP contribution in [-0.2, 0) is 4.74 Å². The molecule has 2 N–H and O–H groups in total. The maximum absolute atomic E-state index is 14.0. The molecule has 0 fully saturated rings. The van der Waals surface area contributed by atoms with E-state index in [0.29, 0.717) is 0 Å². The van der Waals surface area contributed by atoms with Gasteiger partial charge in [-0.15, -0.1) is 0 Å². The largest absolute Gasteiger partial charge is 0.464 e. The van der Waals surface area contributed by atoms with Crippen LogP contribution in [0.1, 0.15) is 16.1 Å². The Morgan fingerprint density at radius 3 is 2.59 bits per heavy atom. The van der Waals surface area contributed by atoms with Crippen LogP contribution in [0.15, 0.2) is 21.2 Å². The van der Waals surface area contributed by atoms with E-state index in [-0.39, 0.29) is 31.6 Å². The van der Waals surface area contributed by atoms with Crippen molar-refractivity contribution < 1.29 is 18.3 Å². The summed E-state index contributed by atoms with van der Waals surface area (Å²) in [5.74, 6) is -2.61. The predicted octanol–water partition coefficient (Wildman–Crippen LogP) is 3.52. The number of hydrogen-bond acceptors (Lipinski definition) is 4. The second-order valence-corrected chi connectivity index (χ2v) is 5.68. The third-order valence-electron chi connectivity index (χ3n) is 2.89. The third kappa shape index (κ3) is 2.48. The molecule has 1 heterocycles. The average Bonchev–Trinajstić information content (AvgIpc) is 2.84. The van der Waals surface area contributed by atoms with Crippen molar-refractivity contribution in [2.24, 2.45) is 0 Å². The normalized spacial score (nSPS) is 10.4. The number of aromatic nitrogens is 1. The van der Waals surface area contributed by atoms with Crippen molar-refractivity contribution in [2.75, 3.05) is 12.8 Å². The molecule has 1 aromatic carbocycles. The van der Waals surface area contributed by atoms with E-state index in [4.69, 9.17) is 11.0 Å². The zero-order valence-corrected chi connectivity index (χ0v) is 14.1. The van der Waals surface area contributed by atoms with E-state index >= 15 is 0 Å². The molecule has 0 aliphatic rings. The van der Waals surface area contributed by atoms with Crippen LogP contribution in [0.5, 0.6) is 0 Å². The second-order valence-electron chi connectivity index (χ2n) is 4.10. The van der Waals surface area contributed by atoms with E-state index in [0.717, 1.165) is 17.7 Å². The molecule has 22 heavy (non-hydrogen) atoms. The molecule has 0 aliphatic heterocycles. The number of nitriles is 1. The first-order valence-electron chi connectivity index (χ1n) is 5.66. The number of rotatable bonds is 2. The average molecular weight is 435 g/mol. The van der Waals surface area contributed by atoms with Crippen molar-refractivity contribution in [3.63, 3.8) is 0 Å². The molecule has 0 saturated carbocycles. The summed E-state index contributed by atoms with van der Waals surface area (Å²) in [6.45, 7) is 0. The summed E-state index contributed by atoms with van der Waals surface area (Å²) >= 11 is 5.77. The number of benzene rings is 1. The van der Waals surface area contributed by atoms with Gasteiger partial charge in [0.25, 0.3) is 0 Å². The first-order chi connectivity index (χ1) is 10.3. The van der Waals surface area contributed by atoms with Gasteiger partial charge in [-0.2, -0.15) is 5.26 Å². The summed E-state index contributed by atoms with van der Waals surface area (Å²) in [6, 6.07) is 2.79. The van der Waals surface area contributed by atoms with Crippen molar-refractivity contribution in [2.45, 2.75) is 0 Å². The molecule has 114 valence electrons. The lowest BCUT2D eigenvalue weighted by Gasteiger charge is -2.12. The van der Waals surface area contributed by atoms with E-state index in [1.165, 1.54) is 6.20 Å². The van der Waals surface area contributed by atoms with Crippen LogP contribution >= 0.6 is 31.9 Å². The number of hydrogen-bond donors (Lipinski definition) is 1. The molecule has 0 atom stereocenters. The molecule has 0 unspecified atom stereocenters. The van der Waals surface area contributed by atoms with Gasteiger partial charge < -0.3 is 15.0 Å². The number of anilines is 1. The van der Waals surface area contributed by atoms with Gasteiger partial charge in [-0.25, -0.2) is 13.6 Å². The molecule has 0 spiro atoms. The van der Waals surface area contributed by atoms with Crippen LogP contribution in [0.3, 0.4) is 0 Å². The number of carbonyl (C=O) groups is 1. The Labute approximate surface area is 140 Å². The number of carbonyl (C=O) groups excluding carboxylic acids is 1. The van der Waals surface area contributed by atoms with Crippen molar-refractivity contribution in [3.05, 3.63) is 44.1 Å². The fourth-order valence-electron chi connectivity index (χ4n) is 1.84. The number of nitrogens with zero attached hydrogens (tertiary/aromatic N) is 2. The molecule has 0 aliphatic carbocycles. The topological polar surface area (TPSA) is 81.0 Å². The Hall–Kier alpha value is -1.92. The van der Waals surface area contributed by atoms with Crippen molar-refractivity contribution in [3.8, 4) is 11.8 Å². The van der Waals surface area contributed by atoms with Crippen molar-refractivity contribution in [1.82, 2.24) is 4.57 Å². The summed E-state index contributed by atoms with van der Waals surface area (Å²) in [5, 5.41) is 9.02. The van der Waals surface area contributed by atoms with Crippen LogP contribution in [0.4, 0.5) is 14.5 Å². The standard InChI is InChI=1S/C13H7Br2F2N3O2/c1-22-13(21)12-11(19)5(3-18)4-20(12)7-2-6(16)8(14)10(17)9(7)15/h2,4H,19H2,1H3. The molecule has 0 bridgehead atoms. The molecule has 0 saturated heterocycles. The Balaban J connectivity index is 2.85. The highest BCUT2D eigenvalue weighted by Gasteiger charge is 2.25. The maximum Gasteiger partial charge on any atom is 0.357 e. The molecule has 0 amide bonds. The van der Waals surface area contributed by atoms with E-state index < -0.39 is 17.6 Å². The van der Waals surface area contributed by atoms with Gasteiger partial charge in [-0.3, -0.25) is 0 Å². The fraction of sp³-hybridized carbons (Fsp3) is 0.0769. The van der Waals surface area contributed by atoms with Gasteiger partial charge in [0.15, 0.2) is 11.5 Å². The first-order valence-corrected chi connectivity index (χ1v) is 7.24. The number of nitrogen functional groups attached to an aromatic ring is 1. The van der Waals surface area contributed by atoms with Crippen molar-refractivity contribution in [1.29, 1.82) is 5.26 Å². The summed E-state index contributed by atoms with van der Waals surface area (Å²) in [5.41, 5.74) is 5.35. The second kappa shape index (κ2) is 6.06. The quantitative estimate of drug-likeness (QED) is 0.445. The third-order valence-corrected chi connectivity index (χ3v) is 4.37. The van der Waals surface area contributed by atoms with Crippen LogP contribution in [-0.4, -0.2) is 17.6 Å². The highest BCUT2D eigenvalue weighted by molar-refractivity contribution is 9.11. The molecule has 0 radical (unpaired) electrons. The molecule has 9 heteroatoms. The highest BCUT2D eigenvalue weighted by Crippen LogP contribution is 2.34. The van der Waals surface area contributed by atoms with Gasteiger partial charge in [0, 0.05) is 12.3 Å². The molecule has 1 aromatic heterocycles. The zero-order valence-electron chi connectivity index (χ0n) is 11.0. The zero-order chi connectivity index (χ0) is 16.6. The Kier molecular flexibility index (Phi) is 4.53. The maximum atomic E-state index is 14.0. The monoisotopic (exact) mass is 433 g/mol. The van der Waals surface area contributed by atoms with Gasteiger partial charge in [-0.05, 0) is 31.9 Å². The SMILES string of the molecule is COC(=O)c1c(N)c(C#N)cn1-c1cc(F)c(Br)c(F)c1Br. The Bertz CT molecular complexity index is 828. The number of ether oxygens (including phenoxy) is 1. The number of methoxy groups -OCH3 is 1. The van der Waals surface area contributed by atoms with E-state index in [9.17, 15) is 13.6 Å². The van der Waals surface area contributed by atoms with E-state index in [1.807, 2.05) is 0 Å². The Morgan fingerprint density at radius 2 is 2.05 bits per heavy atom. The van der Waals surface area contributed by atoms with Gasteiger partial charge in [-0.1, -0.05) is 0 Å². The molecule has 2 aromatic rings. The first kappa shape index (κ1) is 16.5. The summed E-state index contributed by atoms with van der Waals surface area (Å²) < 4.78 is 33.0. The molecule has 2 rings (SSSR count). The lowest BCUT2D eigenvalue weighted by Crippen LogP contribution is -2.12. The fourth-order valence-corrected chi connectivity index (χ4v) is 2.92. The smallest absolute Gasteiger partial charge is 0.357 e. The summed E-state index contributed by atoms with van der Waals surface area (Å²) in [4.78, 5) is 11.9. The van der Waals surface area contributed by atoms with E-state index in [1.54, 1.807) is 6.07 Å². The van der Waals surface area contributed by atoms with Gasteiger partial charge in [0.05, 0.1) is 33.0 Å². The number of esters is 1. The van der Waals surface area contributed by atoms with Crippen molar-refractivity contribution >= 4 is 43.5 Å². The van der Waals surface area contributed by atoms with Crippen LogP contribution in [0.25, 0.3) is 5.69 Å². The Morgan fingerprint density at radius 1 is 1.41 bits per heavy atom. The van der Waals surface area contributed by atoms with Gasteiger partial charge >= 0.3 is 5.97 Å². The summed E-state index contributed by atoms with van der Waals surface area (Å²) in [7, 11) is 1.13. The van der Waals surface area contributed by atoms with Crippen LogP contribution in [0.2, 0.25) is 0 Å². The number of halogens is 4. The highest BCUT2D eigenvalue weighted by atomic mass is 79.9. The van der Waals surface area contributed by atoms with Gasteiger partial charge in [0.1, 0.15) is 11.9 Å².